The monoisotopic (exact) mass is 470 g/mol. The molecule has 2 amide bonds. The van der Waals surface area contributed by atoms with Crippen molar-refractivity contribution in [2.24, 2.45) is 11.8 Å². The number of amides is 2. The first kappa shape index (κ1) is 26.2. The quantitative estimate of drug-likeness (QED) is 0.569. The molecule has 1 unspecified atom stereocenters. The van der Waals surface area contributed by atoms with Crippen LogP contribution in [0.1, 0.15) is 63.7 Å². The highest BCUT2D eigenvalue weighted by atomic mass is 16.2. The van der Waals surface area contributed by atoms with E-state index in [2.05, 4.69) is 24.1 Å². The molecule has 2 aliphatic heterocycles. The maximum atomic E-state index is 13.7. The van der Waals surface area contributed by atoms with Gasteiger partial charge in [0.2, 0.25) is 5.91 Å². The predicted octanol–water partition coefficient (Wildman–Crippen LogP) is 3.19. The molecule has 34 heavy (non-hydrogen) atoms. The second kappa shape index (κ2) is 11.3. The lowest BCUT2D eigenvalue weighted by Gasteiger charge is -2.29. The summed E-state index contributed by atoms with van der Waals surface area (Å²) in [6.07, 6.45) is 3.55. The molecule has 3 rings (SSSR count). The molecule has 2 saturated heterocycles. The molecule has 0 bridgehead atoms. The van der Waals surface area contributed by atoms with Gasteiger partial charge in [0.25, 0.3) is 5.91 Å². The molecule has 7 nitrogen and oxygen atoms in total. The van der Waals surface area contributed by atoms with E-state index >= 15 is 0 Å². The molecule has 0 radical (unpaired) electrons. The fourth-order valence-electron chi connectivity index (χ4n) is 5.33. The van der Waals surface area contributed by atoms with Gasteiger partial charge < -0.3 is 15.1 Å². The molecule has 1 aromatic rings. The van der Waals surface area contributed by atoms with Crippen molar-refractivity contribution in [3.63, 3.8) is 0 Å². The normalized spacial score (nSPS) is 21.3. The van der Waals surface area contributed by atoms with Gasteiger partial charge in [0, 0.05) is 44.5 Å². The lowest BCUT2D eigenvalue weighted by molar-refractivity contribution is -0.138. The Balaban J connectivity index is 1.72. The number of carbonyl (C=O) groups is 3. The van der Waals surface area contributed by atoms with Gasteiger partial charge >= 0.3 is 0 Å². The Morgan fingerprint density at radius 1 is 1.12 bits per heavy atom. The molecule has 1 N–H and O–H groups in total. The summed E-state index contributed by atoms with van der Waals surface area (Å²) >= 11 is 0. The Morgan fingerprint density at radius 3 is 2.32 bits per heavy atom. The van der Waals surface area contributed by atoms with Crippen molar-refractivity contribution in [2.75, 3.05) is 38.6 Å². The van der Waals surface area contributed by atoms with Crippen LogP contribution in [-0.2, 0) is 9.59 Å². The Morgan fingerprint density at radius 2 is 1.76 bits per heavy atom. The first-order valence-corrected chi connectivity index (χ1v) is 12.8. The van der Waals surface area contributed by atoms with Crippen LogP contribution in [0, 0.1) is 11.8 Å². The number of benzene rings is 1. The zero-order valence-corrected chi connectivity index (χ0v) is 21.7. The highest BCUT2D eigenvalue weighted by molar-refractivity contribution is 5.99. The van der Waals surface area contributed by atoms with Crippen LogP contribution in [0.2, 0.25) is 0 Å². The molecular formula is C27H42N4O3. The highest BCUT2D eigenvalue weighted by Crippen LogP contribution is 2.32. The largest absolute Gasteiger partial charge is 0.378 e. The first-order chi connectivity index (χ1) is 16.2. The van der Waals surface area contributed by atoms with E-state index in [0.29, 0.717) is 31.0 Å². The number of likely N-dealkylation sites (tertiary alicyclic amines) is 2. The van der Waals surface area contributed by atoms with Crippen molar-refractivity contribution in [1.82, 2.24) is 15.1 Å². The third kappa shape index (κ3) is 5.80. The van der Waals surface area contributed by atoms with Gasteiger partial charge in [0.15, 0.2) is 5.78 Å². The average Bonchev–Trinajstić information content (AvgIpc) is 3.37. The van der Waals surface area contributed by atoms with Crippen molar-refractivity contribution in [3.05, 3.63) is 29.8 Å². The summed E-state index contributed by atoms with van der Waals surface area (Å²) < 4.78 is 0. The molecule has 2 fully saturated rings. The summed E-state index contributed by atoms with van der Waals surface area (Å²) in [6.45, 7) is 10.4. The number of carbonyl (C=O) groups excluding carboxylic acids is 3. The van der Waals surface area contributed by atoms with Crippen LogP contribution in [0.5, 0.6) is 0 Å². The SMILES string of the molecule is CCC(CC)CN1CC(=O)[C@@H]2C1CCN2C(=O)[C@H](CC(C)C)NC(=O)c1ccc(N(C)C)cc1. The van der Waals surface area contributed by atoms with Crippen LogP contribution in [0.25, 0.3) is 0 Å². The van der Waals surface area contributed by atoms with Crippen molar-refractivity contribution >= 4 is 23.3 Å². The van der Waals surface area contributed by atoms with Gasteiger partial charge in [-0.1, -0.05) is 40.5 Å². The topological polar surface area (TPSA) is 73.0 Å². The highest BCUT2D eigenvalue weighted by Gasteiger charge is 2.50. The minimum Gasteiger partial charge on any atom is -0.378 e. The number of hydrogen-bond acceptors (Lipinski definition) is 5. The zero-order valence-electron chi connectivity index (χ0n) is 21.7. The number of rotatable bonds is 10. The molecule has 7 heteroatoms. The molecule has 2 heterocycles. The summed E-state index contributed by atoms with van der Waals surface area (Å²) in [5.41, 5.74) is 1.53. The molecule has 0 aromatic heterocycles. The van der Waals surface area contributed by atoms with E-state index in [1.54, 1.807) is 17.0 Å². The van der Waals surface area contributed by atoms with Crippen molar-refractivity contribution in [1.29, 1.82) is 0 Å². The summed E-state index contributed by atoms with van der Waals surface area (Å²) in [5.74, 6) is 0.554. The lowest BCUT2D eigenvalue weighted by Crippen LogP contribution is -2.52. The smallest absolute Gasteiger partial charge is 0.251 e. The molecule has 3 atom stereocenters. The van der Waals surface area contributed by atoms with Gasteiger partial charge in [-0.25, -0.2) is 0 Å². The van der Waals surface area contributed by atoms with Gasteiger partial charge in [0.05, 0.1) is 6.54 Å². The second-order valence-corrected chi connectivity index (χ2v) is 10.5. The molecule has 188 valence electrons. The van der Waals surface area contributed by atoms with E-state index in [4.69, 9.17) is 0 Å². The summed E-state index contributed by atoms with van der Waals surface area (Å²) in [5, 5.41) is 2.98. The summed E-state index contributed by atoms with van der Waals surface area (Å²) in [6, 6.07) is 6.43. The Kier molecular flexibility index (Phi) is 8.74. The molecule has 0 aliphatic carbocycles. The maximum absolute atomic E-state index is 13.7. The van der Waals surface area contributed by atoms with Crippen molar-refractivity contribution in [3.8, 4) is 0 Å². The Labute approximate surface area is 204 Å². The minimum atomic E-state index is -0.638. The Bertz CT molecular complexity index is 863. The number of ketones is 1. The maximum Gasteiger partial charge on any atom is 0.251 e. The van der Waals surface area contributed by atoms with Crippen molar-refractivity contribution in [2.45, 2.75) is 71.5 Å². The number of Topliss-reactive ketones (excluding diaryl/α,β-unsaturated/α-hetero) is 1. The number of fused-ring (bicyclic) bond motifs is 1. The van der Waals surface area contributed by atoms with Crippen molar-refractivity contribution < 1.29 is 14.4 Å². The second-order valence-electron chi connectivity index (χ2n) is 10.5. The predicted molar refractivity (Wildman–Crippen MR) is 136 cm³/mol. The summed E-state index contributed by atoms with van der Waals surface area (Å²) in [7, 11) is 3.90. The summed E-state index contributed by atoms with van der Waals surface area (Å²) in [4.78, 5) is 45.7. The molecular weight excluding hydrogens is 428 g/mol. The van der Waals surface area contributed by atoms with E-state index in [9.17, 15) is 14.4 Å². The molecule has 2 aliphatic rings. The average molecular weight is 471 g/mol. The van der Waals surface area contributed by atoms with Crippen LogP contribution >= 0.6 is 0 Å². The standard InChI is InChI=1S/C27H42N4O3/c1-7-19(8-2)16-30-17-24(32)25-23(30)13-14-31(25)27(34)22(15-18(3)4)28-26(33)20-9-11-21(12-10-20)29(5)6/h9-12,18-19,22-23,25H,7-8,13-17H2,1-6H3,(H,28,33)/t22-,23?,25-/m0/s1. The fourth-order valence-corrected chi connectivity index (χ4v) is 5.33. The number of hydrogen-bond donors (Lipinski definition) is 1. The third-order valence-corrected chi connectivity index (χ3v) is 7.41. The molecule has 0 saturated carbocycles. The van der Waals surface area contributed by atoms with Gasteiger partial charge in [-0.3, -0.25) is 19.3 Å². The van der Waals surface area contributed by atoms with E-state index in [1.807, 2.05) is 45.0 Å². The number of nitrogens with zero attached hydrogens (tertiary/aromatic N) is 3. The van der Waals surface area contributed by atoms with E-state index < -0.39 is 6.04 Å². The van der Waals surface area contributed by atoms with E-state index in [-0.39, 0.29) is 35.6 Å². The van der Waals surface area contributed by atoms with E-state index in [0.717, 1.165) is 31.5 Å². The van der Waals surface area contributed by atoms with Crippen LogP contribution in [0.15, 0.2) is 24.3 Å². The van der Waals surface area contributed by atoms with E-state index in [1.165, 1.54) is 0 Å². The first-order valence-electron chi connectivity index (χ1n) is 12.8. The van der Waals surface area contributed by atoms with Gasteiger partial charge in [-0.15, -0.1) is 0 Å². The zero-order chi connectivity index (χ0) is 25.0. The van der Waals surface area contributed by atoms with Crippen LogP contribution in [0.3, 0.4) is 0 Å². The van der Waals surface area contributed by atoms with Crippen LogP contribution < -0.4 is 10.2 Å². The fraction of sp³-hybridized carbons (Fsp3) is 0.667. The van der Waals surface area contributed by atoms with Gasteiger partial charge in [-0.05, 0) is 48.9 Å². The lowest BCUT2D eigenvalue weighted by atomic mass is 10.0. The van der Waals surface area contributed by atoms with Crippen LogP contribution in [0.4, 0.5) is 5.69 Å². The minimum absolute atomic E-state index is 0.103. The van der Waals surface area contributed by atoms with Crippen LogP contribution in [-0.4, -0.2) is 79.3 Å². The van der Waals surface area contributed by atoms with Gasteiger partial charge in [0.1, 0.15) is 12.1 Å². The number of anilines is 1. The molecule has 0 spiro atoms. The molecule has 1 aromatic carbocycles. The van der Waals surface area contributed by atoms with Gasteiger partial charge in [-0.2, -0.15) is 0 Å². The number of nitrogens with one attached hydrogen (secondary N) is 1. The third-order valence-electron chi connectivity index (χ3n) is 7.41. The Hall–Kier alpha value is -2.41.